The Morgan fingerprint density at radius 2 is 0.583 bits per heavy atom. The van der Waals surface area contributed by atoms with Crippen molar-refractivity contribution in [1.82, 2.24) is 0 Å². The van der Waals surface area contributed by atoms with Crippen LogP contribution in [-0.2, 0) is 0 Å². The highest BCUT2D eigenvalue weighted by atomic mass is 19.2. The Morgan fingerprint density at radius 3 is 0.875 bits per heavy atom. The molecule has 0 bridgehead atoms. The molecule has 0 aliphatic heterocycles. The maximum atomic E-state index is 13.7. The van der Waals surface area contributed by atoms with Crippen molar-refractivity contribution in [3.05, 3.63) is 57.9 Å². The van der Waals surface area contributed by atoms with Gasteiger partial charge in [-0.3, -0.25) is 0 Å². The third-order valence-corrected chi connectivity index (χ3v) is 2.94. The van der Waals surface area contributed by atoms with E-state index in [1.807, 2.05) is 13.8 Å². The van der Waals surface area contributed by atoms with Crippen molar-refractivity contribution in [2.75, 3.05) is 0 Å². The second-order valence-corrected chi connectivity index (χ2v) is 4.20. The predicted molar refractivity (Wildman–Crippen MR) is 67.6 cm³/mol. The number of hydrogen-bond donors (Lipinski definition) is 0. The first kappa shape index (κ1) is 19.9. The van der Waals surface area contributed by atoms with Crippen LogP contribution in [0.3, 0.4) is 0 Å². The molecule has 0 nitrogen and oxygen atoms in total. The van der Waals surface area contributed by atoms with Crippen molar-refractivity contribution in [1.29, 1.82) is 0 Å². The van der Waals surface area contributed by atoms with Crippen LogP contribution in [0.25, 0.3) is 11.1 Å². The number of rotatable bonds is 1. The lowest BCUT2D eigenvalue weighted by molar-refractivity contribution is 0.379. The quantitative estimate of drug-likeness (QED) is 0.335. The number of halogens is 9. The van der Waals surface area contributed by atoms with Gasteiger partial charge >= 0.3 is 0 Å². The van der Waals surface area contributed by atoms with Crippen LogP contribution in [0, 0.1) is 59.3 Å². The Balaban J connectivity index is 0.00000139. The van der Waals surface area contributed by atoms with Crippen LogP contribution in [0.4, 0.5) is 39.5 Å². The van der Waals surface area contributed by atoms with E-state index < -0.39 is 69.0 Å². The highest BCUT2D eigenvalue weighted by molar-refractivity contribution is 5.67. The summed E-state index contributed by atoms with van der Waals surface area (Å²) in [6.07, 6.45) is 0. The van der Waals surface area contributed by atoms with E-state index in [4.69, 9.17) is 0 Å². The van der Waals surface area contributed by atoms with Crippen LogP contribution in [0.1, 0.15) is 19.4 Å². The summed E-state index contributed by atoms with van der Waals surface area (Å²) in [5.74, 6) is -21.4. The largest absolute Gasteiger partial charge is 0.203 e. The Hall–Kier alpha value is -2.19. The topological polar surface area (TPSA) is 0 Å². The number of hydrogen-bond acceptors (Lipinski definition) is 0. The second-order valence-electron chi connectivity index (χ2n) is 4.20. The summed E-state index contributed by atoms with van der Waals surface area (Å²) < 4.78 is 120. The summed E-state index contributed by atoms with van der Waals surface area (Å²) in [4.78, 5) is 0. The van der Waals surface area contributed by atoms with Gasteiger partial charge < -0.3 is 0 Å². The molecule has 2 aromatic rings. The van der Waals surface area contributed by atoms with Gasteiger partial charge in [0.25, 0.3) is 0 Å². The minimum atomic E-state index is -2.59. The second kappa shape index (κ2) is 7.14. The SMILES string of the molecule is CC.Cc1c(F)c(F)c(-c2c(F)c(F)c(F)c(F)c2F)c(F)c1F. The van der Waals surface area contributed by atoms with Gasteiger partial charge in [-0.2, -0.15) is 0 Å². The van der Waals surface area contributed by atoms with Gasteiger partial charge in [-0.05, 0) is 6.92 Å². The molecule has 0 aliphatic rings. The fraction of sp³-hybridized carbons (Fsp3) is 0.200. The van der Waals surface area contributed by atoms with Crippen LogP contribution in [-0.4, -0.2) is 0 Å². The lowest BCUT2D eigenvalue weighted by Gasteiger charge is -2.12. The molecule has 0 radical (unpaired) electrons. The molecule has 0 saturated heterocycles. The molecule has 0 spiro atoms. The first-order valence-corrected chi connectivity index (χ1v) is 6.45. The fourth-order valence-corrected chi connectivity index (χ4v) is 1.79. The van der Waals surface area contributed by atoms with E-state index >= 15 is 0 Å². The lowest BCUT2D eigenvalue weighted by Crippen LogP contribution is -2.09. The molecule has 24 heavy (non-hydrogen) atoms. The molecule has 0 aromatic heterocycles. The molecule has 2 rings (SSSR count). The van der Waals surface area contributed by atoms with Gasteiger partial charge in [0.1, 0.15) is 0 Å². The average molecular weight is 360 g/mol. The zero-order valence-corrected chi connectivity index (χ0v) is 12.4. The van der Waals surface area contributed by atoms with Gasteiger partial charge in [-0.15, -0.1) is 0 Å². The highest BCUT2D eigenvalue weighted by Crippen LogP contribution is 2.37. The zero-order chi connectivity index (χ0) is 18.9. The minimum absolute atomic E-state index is 0.624. The van der Waals surface area contributed by atoms with Crippen molar-refractivity contribution in [3.8, 4) is 11.1 Å². The first-order chi connectivity index (χ1) is 11.1. The summed E-state index contributed by atoms with van der Waals surface area (Å²) in [5.41, 5.74) is -5.26. The van der Waals surface area contributed by atoms with Gasteiger partial charge in [0, 0.05) is 5.56 Å². The van der Waals surface area contributed by atoms with Crippen molar-refractivity contribution in [3.63, 3.8) is 0 Å². The summed E-state index contributed by atoms with van der Waals surface area (Å²) in [7, 11) is 0. The van der Waals surface area contributed by atoms with E-state index in [-0.39, 0.29) is 0 Å². The molecule has 0 aliphatic carbocycles. The van der Waals surface area contributed by atoms with Gasteiger partial charge in [0.15, 0.2) is 46.5 Å². The molecule has 0 fully saturated rings. The first-order valence-electron chi connectivity index (χ1n) is 6.45. The van der Waals surface area contributed by atoms with Crippen molar-refractivity contribution in [2.24, 2.45) is 0 Å². The van der Waals surface area contributed by atoms with E-state index in [9.17, 15) is 39.5 Å². The minimum Gasteiger partial charge on any atom is -0.203 e. The molecule has 2 aromatic carbocycles. The van der Waals surface area contributed by atoms with Crippen molar-refractivity contribution in [2.45, 2.75) is 20.8 Å². The third-order valence-electron chi connectivity index (χ3n) is 2.94. The molecule has 0 saturated carbocycles. The van der Waals surface area contributed by atoms with E-state index in [0.29, 0.717) is 6.92 Å². The summed E-state index contributed by atoms with van der Waals surface area (Å²) in [5, 5.41) is 0. The molecule has 9 heteroatoms. The Bertz CT molecular complexity index is 671. The summed E-state index contributed by atoms with van der Waals surface area (Å²) >= 11 is 0. The molecular formula is C15H9F9. The molecule has 0 unspecified atom stereocenters. The van der Waals surface area contributed by atoms with Crippen LogP contribution in [0.15, 0.2) is 0 Å². The Kier molecular flexibility index (Phi) is 5.91. The van der Waals surface area contributed by atoms with Gasteiger partial charge in [-0.1, -0.05) is 13.8 Å². The summed E-state index contributed by atoms with van der Waals surface area (Å²) in [6.45, 7) is 4.62. The molecule has 0 atom stereocenters. The molecule has 0 heterocycles. The van der Waals surface area contributed by atoms with Gasteiger partial charge in [-0.25, -0.2) is 39.5 Å². The average Bonchev–Trinajstić information content (AvgIpc) is 2.59. The van der Waals surface area contributed by atoms with Crippen LogP contribution < -0.4 is 0 Å². The molecular weight excluding hydrogens is 351 g/mol. The predicted octanol–water partition coefficient (Wildman–Crippen LogP) is 5.94. The van der Waals surface area contributed by atoms with E-state index in [2.05, 4.69) is 0 Å². The molecule has 132 valence electrons. The normalized spacial score (nSPS) is 10.5. The monoisotopic (exact) mass is 360 g/mol. The van der Waals surface area contributed by atoms with E-state index in [0.717, 1.165) is 0 Å². The summed E-state index contributed by atoms with van der Waals surface area (Å²) in [6, 6.07) is 0. The van der Waals surface area contributed by atoms with Gasteiger partial charge in [0.2, 0.25) is 5.82 Å². The molecule has 0 N–H and O–H groups in total. The maximum absolute atomic E-state index is 13.7. The van der Waals surface area contributed by atoms with Gasteiger partial charge in [0.05, 0.1) is 11.1 Å². The maximum Gasteiger partial charge on any atom is 0.200 e. The van der Waals surface area contributed by atoms with E-state index in [1.54, 1.807) is 0 Å². The highest BCUT2D eigenvalue weighted by Gasteiger charge is 2.33. The molecule has 0 amide bonds. The third kappa shape index (κ3) is 2.83. The van der Waals surface area contributed by atoms with Crippen LogP contribution in [0.5, 0.6) is 0 Å². The zero-order valence-electron chi connectivity index (χ0n) is 12.4. The standard InChI is InChI=1S/C13H3F9.C2H6/c1-2-5(14)7(16)3(8(17)6(2)15)4-9(18)11(20)13(22)12(21)10(4)19;1-2/h1H3;1-2H3. The van der Waals surface area contributed by atoms with Crippen molar-refractivity contribution >= 4 is 0 Å². The smallest absolute Gasteiger partial charge is 0.200 e. The van der Waals surface area contributed by atoms with E-state index in [1.165, 1.54) is 0 Å². The Labute approximate surface area is 130 Å². The fourth-order valence-electron chi connectivity index (χ4n) is 1.79. The van der Waals surface area contributed by atoms with Crippen molar-refractivity contribution < 1.29 is 39.5 Å². The number of benzene rings is 2. The van der Waals surface area contributed by atoms with Crippen LogP contribution >= 0.6 is 0 Å². The van der Waals surface area contributed by atoms with Crippen LogP contribution in [0.2, 0.25) is 0 Å². The Morgan fingerprint density at radius 1 is 0.375 bits per heavy atom. The lowest BCUT2D eigenvalue weighted by atomic mass is 9.99.